The minimum absolute atomic E-state index is 0.185. The molecule has 0 atom stereocenters. The highest BCUT2D eigenvalue weighted by Crippen LogP contribution is 2.41. The fourth-order valence-corrected chi connectivity index (χ4v) is 5.05. The lowest BCUT2D eigenvalue weighted by Gasteiger charge is -2.35. The quantitative estimate of drug-likeness (QED) is 0.671. The zero-order valence-electron chi connectivity index (χ0n) is 16.1. The van der Waals surface area contributed by atoms with Gasteiger partial charge in [0, 0.05) is 23.0 Å². The van der Waals surface area contributed by atoms with Gasteiger partial charge in [-0.3, -0.25) is 9.48 Å². The number of nitrogens with zero attached hydrogens (tertiary/aromatic N) is 2. The predicted octanol–water partition coefficient (Wildman–Crippen LogP) is 4.93. The molecule has 2 N–H and O–H groups in total. The van der Waals surface area contributed by atoms with E-state index in [1.54, 1.807) is 11.8 Å². The number of hydrogen-bond donors (Lipinski definition) is 1. The van der Waals surface area contributed by atoms with Crippen molar-refractivity contribution in [3.8, 4) is 11.3 Å². The number of carbonyl (C=O) groups excluding carboxylic acids is 1. The number of benzene rings is 2. The Morgan fingerprint density at radius 2 is 1.79 bits per heavy atom. The van der Waals surface area contributed by atoms with Crippen LogP contribution < -0.4 is 5.73 Å². The Hall–Kier alpha value is -2.53. The molecule has 3 aromatic rings. The molecule has 1 fully saturated rings. The molecule has 28 heavy (non-hydrogen) atoms. The molecular weight excluding hydrogens is 366 g/mol. The van der Waals surface area contributed by atoms with Gasteiger partial charge in [0.05, 0.1) is 11.1 Å². The summed E-state index contributed by atoms with van der Waals surface area (Å²) in [6, 6.07) is 18.9. The maximum Gasteiger partial charge on any atom is 0.228 e. The second kappa shape index (κ2) is 7.84. The lowest BCUT2D eigenvalue weighted by molar-refractivity contribution is -0.124. The molecule has 1 aliphatic rings. The topological polar surface area (TPSA) is 60.9 Å². The second-order valence-corrected chi connectivity index (χ2v) is 8.65. The van der Waals surface area contributed by atoms with Crippen molar-refractivity contribution < 1.29 is 4.79 Å². The number of aromatic nitrogens is 2. The van der Waals surface area contributed by atoms with Gasteiger partial charge in [-0.1, -0.05) is 55.3 Å². The second-order valence-electron chi connectivity index (χ2n) is 7.50. The first kappa shape index (κ1) is 18.8. The summed E-state index contributed by atoms with van der Waals surface area (Å²) in [6.45, 7) is 0. The molecule has 1 aliphatic carbocycles. The molecule has 4 rings (SSSR count). The average Bonchev–Trinajstić information content (AvgIpc) is 3.15. The monoisotopic (exact) mass is 391 g/mol. The summed E-state index contributed by atoms with van der Waals surface area (Å²) < 4.78 is 1.87. The summed E-state index contributed by atoms with van der Waals surface area (Å²) >= 11 is 1.71. The van der Waals surface area contributed by atoms with Crippen molar-refractivity contribution in [3.63, 3.8) is 0 Å². The van der Waals surface area contributed by atoms with Gasteiger partial charge in [0.25, 0.3) is 0 Å². The number of rotatable bonds is 5. The first-order valence-electron chi connectivity index (χ1n) is 9.75. The molecule has 5 heteroatoms. The summed E-state index contributed by atoms with van der Waals surface area (Å²) in [7, 11) is 1.95. The molecule has 0 spiro atoms. The summed E-state index contributed by atoms with van der Waals surface area (Å²) in [6.07, 6.45) is 6.84. The fraction of sp³-hybridized carbons (Fsp3) is 0.304. The lowest BCUT2D eigenvalue weighted by Crippen LogP contribution is -2.42. The molecule has 0 bridgehead atoms. The molecule has 4 nitrogen and oxygen atoms in total. The van der Waals surface area contributed by atoms with Gasteiger partial charge in [0.2, 0.25) is 5.91 Å². The van der Waals surface area contributed by atoms with Crippen molar-refractivity contribution in [3.05, 3.63) is 66.4 Å². The predicted molar refractivity (Wildman–Crippen MR) is 113 cm³/mol. The van der Waals surface area contributed by atoms with Crippen molar-refractivity contribution in [2.24, 2.45) is 12.8 Å². The minimum Gasteiger partial charge on any atom is -0.369 e. The lowest BCUT2D eigenvalue weighted by atomic mass is 9.69. The van der Waals surface area contributed by atoms with E-state index in [4.69, 9.17) is 5.73 Å². The summed E-state index contributed by atoms with van der Waals surface area (Å²) in [5.41, 5.74) is 8.67. The van der Waals surface area contributed by atoms with Gasteiger partial charge in [-0.2, -0.15) is 5.10 Å². The highest BCUT2D eigenvalue weighted by atomic mass is 32.2. The van der Waals surface area contributed by atoms with E-state index >= 15 is 0 Å². The number of aryl methyl sites for hydroxylation is 1. The number of amides is 1. The molecular formula is C23H25N3OS. The molecule has 0 unspecified atom stereocenters. The maximum absolute atomic E-state index is 12.3. The Morgan fingerprint density at radius 1 is 1.04 bits per heavy atom. The Kier molecular flexibility index (Phi) is 5.27. The van der Waals surface area contributed by atoms with Gasteiger partial charge >= 0.3 is 0 Å². The Bertz CT molecular complexity index is 972. The minimum atomic E-state index is -0.502. The molecule has 1 saturated carbocycles. The van der Waals surface area contributed by atoms with Crippen molar-refractivity contribution in [1.82, 2.24) is 9.78 Å². The molecule has 0 saturated heterocycles. The zero-order valence-corrected chi connectivity index (χ0v) is 16.9. The molecule has 144 valence electrons. The van der Waals surface area contributed by atoms with E-state index in [1.165, 1.54) is 11.3 Å². The molecule has 0 radical (unpaired) electrons. The standard InChI is InChI=1S/C23H25N3OS/c1-26-21(12-15-25-26)17-8-10-19(11-9-17)28-20-7-5-6-18(16-20)23(22(24)27)13-3-2-4-14-23/h5-12,15-16H,2-4,13-14H2,1H3,(H2,24,27). The van der Waals surface area contributed by atoms with Gasteiger partial charge in [0.15, 0.2) is 0 Å². The van der Waals surface area contributed by atoms with Crippen LogP contribution >= 0.6 is 11.8 Å². The van der Waals surface area contributed by atoms with E-state index in [0.29, 0.717) is 0 Å². The third-order valence-corrected chi connectivity index (χ3v) is 6.77. The SMILES string of the molecule is Cn1nccc1-c1ccc(Sc2cccc(C3(C(N)=O)CCCCC3)c2)cc1. The van der Waals surface area contributed by atoms with Crippen molar-refractivity contribution in [2.45, 2.75) is 47.3 Å². The third kappa shape index (κ3) is 3.59. The Labute approximate surface area is 170 Å². The van der Waals surface area contributed by atoms with Crippen LogP contribution in [0.3, 0.4) is 0 Å². The van der Waals surface area contributed by atoms with Gasteiger partial charge in [-0.25, -0.2) is 0 Å². The zero-order chi connectivity index (χ0) is 19.6. The van der Waals surface area contributed by atoms with E-state index in [1.807, 2.05) is 30.1 Å². The molecule has 1 amide bonds. The van der Waals surface area contributed by atoms with Crippen LogP contribution in [0.4, 0.5) is 0 Å². The van der Waals surface area contributed by atoms with Gasteiger partial charge < -0.3 is 5.73 Å². The summed E-state index contributed by atoms with van der Waals surface area (Å²) in [5.74, 6) is -0.185. The van der Waals surface area contributed by atoms with Crippen LogP contribution in [0.5, 0.6) is 0 Å². The van der Waals surface area contributed by atoms with Crippen LogP contribution in [-0.4, -0.2) is 15.7 Å². The van der Waals surface area contributed by atoms with Crippen LogP contribution in [0.15, 0.2) is 70.6 Å². The Balaban J connectivity index is 1.57. The van der Waals surface area contributed by atoms with Crippen molar-refractivity contribution in [2.75, 3.05) is 0 Å². The largest absolute Gasteiger partial charge is 0.369 e. The van der Waals surface area contributed by atoms with E-state index in [2.05, 4.69) is 47.6 Å². The van der Waals surface area contributed by atoms with E-state index in [0.717, 1.165) is 47.4 Å². The summed E-state index contributed by atoms with van der Waals surface area (Å²) in [5, 5.41) is 4.23. The van der Waals surface area contributed by atoms with Crippen LogP contribution in [-0.2, 0) is 17.3 Å². The molecule has 2 aromatic carbocycles. The van der Waals surface area contributed by atoms with E-state index in [-0.39, 0.29) is 5.91 Å². The van der Waals surface area contributed by atoms with Gasteiger partial charge in [0.1, 0.15) is 0 Å². The summed E-state index contributed by atoms with van der Waals surface area (Å²) in [4.78, 5) is 14.6. The van der Waals surface area contributed by atoms with Crippen LogP contribution in [0.2, 0.25) is 0 Å². The first-order chi connectivity index (χ1) is 13.6. The van der Waals surface area contributed by atoms with Crippen molar-refractivity contribution >= 4 is 17.7 Å². The van der Waals surface area contributed by atoms with Gasteiger partial charge in [-0.15, -0.1) is 0 Å². The Morgan fingerprint density at radius 3 is 2.43 bits per heavy atom. The molecule has 1 heterocycles. The van der Waals surface area contributed by atoms with Crippen LogP contribution in [0.25, 0.3) is 11.3 Å². The van der Waals surface area contributed by atoms with Crippen LogP contribution in [0.1, 0.15) is 37.7 Å². The highest BCUT2D eigenvalue weighted by molar-refractivity contribution is 7.99. The first-order valence-corrected chi connectivity index (χ1v) is 10.6. The maximum atomic E-state index is 12.3. The van der Waals surface area contributed by atoms with E-state index in [9.17, 15) is 4.79 Å². The third-order valence-electron chi connectivity index (χ3n) is 5.77. The molecule has 1 aromatic heterocycles. The fourth-order valence-electron chi connectivity index (χ4n) is 4.18. The highest BCUT2D eigenvalue weighted by Gasteiger charge is 2.39. The normalized spacial score (nSPS) is 16.0. The van der Waals surface area contributed by atoms with Crippen LogP contribution in [0, 0.1) is 0 Å². The number of nitrogens with two attached hydrogens (primary N) is 1. The van der Waals surface area contributed by atoms with Crippen molar-refractivity contribution in [1.29, 1.82) is 0 Å². The molecule has 0 aliphatic heterocycles. The average molecular weight is 392 g/mol. The number of primary amides is 1. The number of hydrogen-bond acceptors (Lipinski definition) is 3. The number of carbonyl (C=O) groups is 1. The smallest absolute Gasteiger partial charge is 0.228 e. The van der Waals surface area contributed by atoms with Gasteiger partial charge in [-0.05, 0) is 54.3 Å². The van der Waals surface area contributed by atoms with E-state index < -0.39 is 5.41 Å².